The molecule has 0 aromatic heterocycles. The molecule has 240 valence electrons. The molecule has 2 aliphatic carbocycles. The maximum absolute atomic E-state index is 2.60. The van der Waals surface area contributed by atoms with Crippen molar-refractivity contribution in [2.45, 2.75) is 18.9 Å². The van der Waals surface area contributed by atoms with E-state index in [9.17, 15) is 0 Å². The standard InChI is InChI=1S/C48H38N2/c1-5-13-35(14-6-1)36-21-23-37(24-22-36)38-25-27-39(28-26-38)40-29-32-47-46(33-40)45-31-30-44(34-48(45)50(47)43-19-11-4-12-20-43)49(41-15-7-2-8-16-41)42-17-9-3-10-18-42/h1-30,33-34,45,47H,31-32H2. The Hall–Kier alpha value is -6.12. The largest absolute Gasteiger partial charge is 0.337 e. The van der Waals surface area contributed by atoms with E-state index in [-0.39, 0.29) is 0 Å². The van der Waals surface area contributed by atoms with Crippen molar-refractivity contribution in [1.29, 1.82) is 0 Å². The zero-order valence-electron chi connectivity index (χ0n) is 27.9. The molecule has 0 amide bonds. The number of benzene rings is 6. The van der Waals surface area contributed by atoms with E-state index in [0.717, 1.165) is 12.8 Å². The lowest BCUT2D eigenvalue weighted by Crippen LogP contribution is -2.30. The van der Waals surface area contributed by atoms with E-state index >= 15 is 0 Å². The number of anilines is 3. The fraction of sp³-hybridized carbons (Fsp3) is 0.0833. The van der Waals surface area contributed by atoms with Gasteiger partial charge in [0.2, 0.25) is 0 Å². The molecule has 2 atom stereocenters. The topological polar surface area (TPSA) is 6.48 Å². The van der Waals surface area contributed by atoms with Gasteiger partial charge in [0, 0.05) is 34.4 Å². The Bertz CT molecular complexity index is 2190. The summed E-state index contributed by atoms with van der Waals surface area (Å²) in [6.07, 6.45) is 11.8. The smallest absolute Gasteiger partial charge is 0.0593 e. The van der Waals surface area contributed by atoms with Gasteiger partial charge >= 0.3 is 0 Å². The van der Waals surface area contributed by atoms with E-state index in [4.69, 9.17) is 0 Å². The second-order valence-corrected chi connectivity index (χ2v) is 13.3. The number of fused-ring (bicyclic) bond motifs is 3. The quantitative estimate of drug-likeness (QED) is 0.171. The lowest BCUT2D eigenvalue weighted by molar-refractivity contribution is 0.725. The van der Waals surface area contributed by atoms with E-state index in [0.29, 0.717) is 12.0 Å². The Morgan fingerprint density at radius 1 is 0.440 bits per heavy atom. The first kappa shape index (κ1) is 30.0. The molecule has 2 heteroatoms. The van der Waals surface area contributed by atoms with Crippen LogP contribution in [0.25, 0.3) is 27.8 Å². The third-order valence-corrected chi connectivity index (χ3v) is 10.3. The maximum Gasteiger partial charge on any atom is 0.0593 e. The molecule has 50 heavy (non-hydrogen) atoms. The average molecular weight is 643 g/mol. The van der Waals surface area contributed by atoms with Gasteiger partial charge in [0.15, 0.2) is 0 Å². The maximum atomic E-state index is 2.60. The Morgan fingerprint density at radius 2 is 0.920 bits per heavy atom. The number of hydrogen-bond donors (Lipinski definition) is 0. The molecule has 0 spiro atoms. The van der Waals surface area contributed by atoms with E-state index in [1.54, 1.807) is 0 Å². The molecule has 0 saturated carbocycles. The summed E-state index contributed by atoms with van der Waals surface area (Å²) in [4.78, 5) is 5.00. The van der Waals surface area contributed by atoms with Gasteiger partial charge < -0.3 is 9.80 Å². The number of nitrogens with zero attached hydrogens (tertiary/aromatic N) is 2. The summed E-state index contributed by atoms with van der Waals surface area (Å²) in [7, 11) is 0. The van der Waals surface area contributed by atoms with Crippen LogP contribution in [-0.2, 0) is 0 Å². The second kappa shape index (κ2) is 13.1. The summed E-state index contributed by atoms with van der Waals surface area (Å²) in [6.45, 7) is 0. The minimum absolute atomic E-state index is 0.300. The van der Waals surface area contributed by atoms with Crippen molar-refractivity contribution in [3.63, 3.8) is 0 Å². The first-order valence-corrected chi connectivity index (χ1v) is 17.6. The molecule has 1 saturated heterocycles. The fourth-order valence-electron chi connectivity index (χ4n) is 7.91. The summed E-state index contributed by atoms with van der Waals surface area (Å²) in [5.41, 5.74) is 15.3. The van der Waals surface area contributed by atoms with Crippen LogP contribution < -0.4 is 9.80 Å². The van der Waals surface area contributed by atoms with Crippen molar-refractivity contribution in [1.82, 2.24) is 0 Å². The predicted octanol–water partition coefficient (Wildman–Crippen LogP) is 12.2. The second-order valence-electron chi connectivity index (χ2n) is 13.3. The zero-order valence-corrected chi connectivity index (χ0v) is 27.9. The summed E-state index contributed by atoms with van der Waals surface area (Å²) in [6, 6.07) is 61.3. The van der Waals surface area contributed by atoms with E-state index in [2.05, 4.69) is 204 Å². The molecular weight excluding hydrogens is 605 g/mol. The lowest BCUT2D eigenvalue weighted by Gasteiger charge is -2.32. The van der Waals surface area contributed by atoms with Crippen molar-refractivity contribution in [2.75, 3.05) is 9.80 Å². The minimum atomic E-state index is 0.300. The van der Waals surface area contributed by atoms with Crippen molar-refractivity contribution in [3.8, 4) is 22.3 Å². The molecule has 1 aliphatic heterocycles. The van der Waals surface area contributed by atoms with Gasteiger partial charge in [0.25, 0.3) is 0 Å². The van der Waals surface area contributed by atoms with Crippen molar-refractivity contribution < 1.29 is 0 Å². The van der Waals surface area contributed by atoms with Crippen molar-refractivity contribution in [2.24, 2.45) is 5.92 Å². The van der Waals surface area contributed by atoms with Crippen LogP contribution >= 0.6 is 0 Å². The van der Waals surface area contributed by atoms with Gasteiger partial charge in [-0.2, -0.15) is 0 Å². The highest BCUT2D eigenvalue weighted by Gasteiger charge is 2.43. The van der Waals surface area contributed by atoms with Gasteiger partial charge in [-0.1, -0.05) is 152 Å². The van der Waals surface area contributed by atoms with Gasteiger partial charge in [-0.05, 0) is 94.3 Å². The van der Waals surface area contributed by atoms with Crippen LogP contribution in [-0.4, -0.2) is 6.04 Å². The third kappa shape index (κ3) is 5.59. The first-order valence-electron chi connectivity index (χ1n) is 17.6. The molecular formula is C48H38N2. The molecule has 2 nitrogen and oxygen atoms in total. The lowest BCUT2D eigenvalue weighted by atomic mass is 9.83. The molecule has 9 rings (SSSR count). The van der Waals surface area contributed by atoms with Crippen LogP contribution in [0, 0.1) is 5.92 Å². The Kier molecular flexibility index (Phi) is 7.83. The molecule has 0 N–H and O–H groups in total. The van der Waals surface area contributed by atoms with Gasteiger partial charge in [0.05, 0.1) is 6.04 Å². The van der Waals surface area contributed by atoms with Crippen LogP contribution in [0.5, 0.6) is 0 Å². The van der Waals surface area contributed by atoms with E-state index in [1.807, 2.05) is 0 Å². The molecule has 3 aliphatic rings. The Balaban J connectivity index is 1.03. The molecule has 6 aromatic carbocycles. The van der Waals surface area contributed by atoms with Crippen LogP contribution in [0.2, 0.25) is 0 Å². The molecule has 6 aromatic rings. The molecule has 1 fully saturated rings. The SMILES string of the molecule is C1=C(c2ccc(-c3ccc(-c4ccccc4)cc3)cc2)C=C2C3CC=C(N(c4ccccc4)c4ccccc4)C=C3N(c3ccccc3)C2C1. The first-order chi connectivity index (χ1) is 24.8. The predicted molar refractivity (Wildman–Crippen MR) is 210 cm³/mol. The monoisotopic (exact) mass is 642 g/mol. The van der Waals surface area contributed by atoms with Gasteiger partial charge in [-0.15, -0.1) is 0 Å². The summed E-state index contributed by atoms with van der Waals surface area (Å²) in [5.74, 6) is 0.337. The summed E-state index contributed by atoms with van der Waals surface area (Å²) >= 11 is 0. The highest BCUT2D eigenvalue weighted by atomic mass is 15.2. The van der Waals surface area contributed by atoms with Gasteiger partial charge in [-0.25, -0.2) is 0 Å². The van der Waals surface area contributed by atoms with Gasteiger partial charge in [-0.3, -0.25) is 0 Å². The van der Waals surface area contributed by atoms with Crippen molar-refractivity contribution in [3.05, 3.63) is 217 Å². The number of rotatable bonds is 7. The minimum Gasteiger partial charge on any atom is -0.337 e. The normalized spacial score (nSPS) is 17.9. The average Bonchev–Trinajstić information content (AvgIpc) is 3.53. The fourth-order valence-corrected chi connectivity index (χ4v) is 7.91. The number of para-hydroxylation sites is 3. The highest BCUT2D eigenvalue weighted by molar-refractivity contribution is 5.81. The summed E-state index contributed by atoms with van der Waals surface area (Å²) in [5, 5.41) is 0. The molecule has 2 unspecified atom stereocenters. The van der Waals surface area contributed by atoms with Crippen LogP contribution in [0.3, 0.4) is 0 Å². The van der Waals surface area contributed by atoms with E-state index in [1.165, 1.54) is 67.4 Å². The molecule has 0 bridgehead atoms. The van der Waals surface area contributed by atoms with Crippen LogP contribution in [0.1, 0.15) is 18.4 Å². The summed E-state index contributed by atoms with van der Waals surface area (Å²) < 4.78 is 0. The van der Waals surface area contributed by atoms with Crippen LogP contribution in [0.4, 0.5) is 17.1 Å². The zero-order chi connectivity index (χ0) is 33.3. The Labute approximate surface area is 295 Å². The van der Waals surface area contributed by atoms with Crippen molar-refractivity contribution >= 4 is 22.6 Å². The molecule has 0 radical (unpaired) electrons. The Morgan fingerprint density at radius 3 is 1.48 bits per heavy atom. The van der Waals surface area contributed by atoms with Crippen LogP contribution in [0.15, 0.2) is 211 Å². The third-order valence-electron chi connectivity index (χ3n) is 10.3. The van der Waals surface area contributed by atoms with E-state index < -0.39 is 0 Å². The number of allylic oxidation sites excluding steroid dienone is 5. The number of hydrogen-bond acceptors (Lipinski definition) is 2. The molecule has 1 heterocycles. The highest BCUT2D eigenvalue weighted by Crippen LogP contribution is 2.50. The van der Waals surface area contributed by atoms with Gasteiger partial charge in [0.1, 0.15) is 0 Å².